The molecule has 31 heavy (non-hydrogen) atoms. The number of nitrogens with zero attached hydrogens (tertiary/aromatic N) is 2. The Bertz CT molecular complexity index is 1080. The standard InChI is InChI=1S/C27H28N2O2/c1-19(2)17-21-9-11-22(12-10-21)20(3)27-29-28-26(31-27)18-30-25-15-13-24(14-16-25)23-7-5-4-6-8-23/h4-16,19-20H,17-18H2,1-3H3. The van der Waals surface area contributed by atoms with Gasteiger partial charge in [-0.3, -0.25) is 0 Å². The maximum atomic E-state index is 5.86. The third kappa shape index (κ3) is 5.40. The van der Waals surface area contributed by atoms with Gasteiger partial charge in [0.15, 0.2) is 6.61 Å². The Morgan fingerprint density at radius 3 is 2.13 bits per heavy atom. The normalized spacial score (nSPS) is 12.1. The Kier molecular flexibility index (Phi) is 6.46. The van der Waals surface area contributed by atoms with Gasteiger partial charge in [-0.2, -0.15) is 0 Å². The van der Waals surface area contributed by atoms with Crippen molar-refractivity contribution in [3.63, 3.8) is 0 Å². The summed E-state index contributed by atoms with van der Waals surface area (Å²) in [6.07, 6.45) is 1.09. The van der Waals surface area contributed by atoms with E-state index in [1.807, 2.05) is 30.3 Å². The van der Waals surface area contributed by atoms with E-state index in [1.165, 1.54) is 16.7 Å². The molecule has 158 valence electrons. The second kappa shape index (κ2) is 9.61. The summed E-state index contributed by atoms with van der Waals surface area (Å²) in [6, 6.07) is 27.0. The van der Waals surface area contributed by atoms with E-state index >= 15 is 0 Å². The Morgan fingerprint density at radius 2 is 1.45 bits per heavy atom. The Hall–Kier alpha value is -3.40. The SMILES string of the molecule is CC(C)Cc1ccc(C(C)c2nnc(COc3ccc(-c4ccccc4)cc3)o2)cc1. The summed E-state index contributed by atoms with van der Waals surface area (Å²) in [6.45, 7) is 6.79. The van der Waals surface area contributed by atoms with Crippen molar-refractivity contribution >= 4 is 0 Å². The fraction of sp³-hybridized carbons (Fsp3) is 0.259. The Morgan fingerprint density at radius 1 is 0.774 bits per heavy atom. The molecular formula is C27H28N2O2. The molecule has 1 heterocycles. The van der Waals surface area contributed by atoms with Crippen LogP contribution in [0.15, 0.2) is 83.3 Å². The third-order valence-corrected chi connectivity index (χ3v) is 5.30. The molecular weight excluding hydrogens is 384 g/mol. The van der Waals surface area contributed by atoms with Crippen LogP contribution in [0, 0.1) is 5.92 Å². The molecule has 1 atom stereocenters. The van der Waals surface area contributed by atoms with Crippen LogP contribution in [0.3, 0.4) is 0 Å². The van der Waals surface area contributed by atoms with Crippen LogP contribution in [0.4, 0.5) is 0 Å². The summed E-state index contributed by atoms with van der Waals surface area (Å²) in [4.78, 5) is 0. The van der Waals surface area contributed by atoms with Gasteiger partial charge in [0.05, 0.1) is 5.92 Å². The fourth-order valence-corrected chi connectivity index (χ4v) is 3.58. The minimum absolute atomic E-state index is 0.0412. The Balaban J connectivity index is 1.35. The highest BCUT2D eigenvalue weighted by atomic mass is 16.5. The van der Waals surface area contributed by atoms with E-state index in [9.17, 15) is 0 Å². The Labute approximate surface area is 183 Å². The van der Waals surface area contributed by atoms with Crippen molar-refractivity contribution < 1.29 is 9.15 Å². The second-order valence-electron chi connectivity index (χ2n) is 8.27. The molecule has 0 amide bonds. The van der Waals surface area contributed by atoms with Crippen molar-refractivity contribution in [1.29, 1.82) is 0 Å². The van der Waals surface area contributed by atoms with Gasteiger partial charge in [0, 0.05) is 0 Å². The summed E-state index contributed by atoms with van der Waals surface area (Å²) in [5.41, 5.74) is 4.85. The lowest BCUT2D eigenvalue weighted by Gasteiger charge is -2.10. The van der Waals surface area contributed by atoms with Gasteiger partial charge in [-0.05, 0) is 53.6 Å². The number of benzene rings is 3. The smallest absolute Gasteiger partial charge is 0.253 e. The first-order valence-corrected chi connectivity index (χ1v) is 10.8. The predicted octanol–water partition coefficient (Wildman–Crippen LogP) is 6.67. The van der Waals surface area contributed by atoms with E-state index in [-0.39, 0.29) is 12.5 Å². The summed E-state index contributed by atoms with van der Waals surface area (Å²) >= 11 is 0. The first-order valence-electron chi connectivity index (χ1n) is 10.8. The van der Waals surface area contributed by atoms with E-state index in [1.54, 1.807) is 0 Å². The van der Waals surface area contributed by atoms with Gasteiger partial charge in [0.25, 0.3) is 5.89 Å². The first-order chi connectivity index (χ1) is 15.1. The zero-order valence-electron chi connectivity index (χ0n) is 18.3. The molecule has 0 fully saturated rings. The topological polar surface area (TPSA) is 48.2 Å². The maximum Gasteiger partial charge on any atom is 0.253 e. The van der Waals surface area contributed by atoms with Gasteiger partial charge in [0.1, 0.15) is 5.75 Å². The summed E-state index contributed by atoms with van der Waals surface area (Å²) in [5, 5.41) is 8.39. The molecule has 0 radical (unpaired) electrons. The fourth-order valence-electron chi connectivity index (χ4n) is 3.58. The van der Waals surface area contributed by atoms with Crippen LogP contribution in [0.2, 0.25) is 0 Å². The molecule has 1 aromatic heterocycles. The molecule has 4 rings (SSSR count). The molecule has 0 saturated heterocycles. The molecule has 4 nitrogen and oxygen atoms in total. The zero-order valence-corrected chi connectivity index (χ0v) is 18.3. The molecule has 0 spiro atoms. The molecule has 0 aliphatic heterocycles. The highest BCUT2D eigenvalue weighted by Crippen LogP contribution is 2.25. The summed E-state index contributed by atoms with van der Waals surface area (Å²) in [7, 11) is 0. The highest BCUT2D eigenvalue weighted by Gasteiger charge is 2.16. The van der Waals surface area contributed by atoms with Crippen LogP contribution in [0.1, 0.15) is 49.6 Å². The van der Waals surface area contributed by atoms with E-state index in [0.29, 0.717) is 17.7 Å². The van der Waals surface area contributed by atoms with E-state index in [2.05, 4.69) is 79.5 Å². The average Bonchev–Trinajstić information content (AvgIpc) is 3.27. The number of aromatic nitrogens is 2. The van der Waals surface area contributed by atoms with Crippen LogP contribution < -0.4 is 4.74 Å². The minimum atomic E-state index is 0.0412. The molecule has 0 saturated carbocycles. The molecule has 0 N–H and O–H groups in total. The monoisotopic (exact) mass is 412 g/mol. The summed E-state index contributed by atoms with van der Waals surface area (Å²) in [5.74, 6) is 2.55. The van der Waals surface area contributed by atoms with Crippen molar-refractivity contribution in [1.82, 2.24) is 10.2 Å². The van der Waals surface area contributed by atoms with Gasteiger partial charge < -0.3 is 9.15 Å². The van der Waals surface area contributed by atoms with Crippen LogP contribution in [-0.4, -0.2) is 10.2 Å². The molecule has 0 bridgehead atoms. The lowest BCUT2D eigenvalue weighted by molar-refractivity contribution is 0.258. The number of hydrogen-bond acceptors (Lipinski definition) is 4. The maximum absolute atomic E-state index is 5.86. The van der Waals surface area contributed by atoms with E-state index in [4.69, 9.17) is 9.15 Å². The van der Waals surface area contributed by atoms with Crippen molar-refractivity contribution in [2.75, 3.05) is 0 Å². The van der Waals surface area contributed by atoms with Crippen molar-refractivity contribution in [3.05, 3.63) is 102 Å². The van der Waals surface area contributed by atoms with E-state index < -0.39 is 0 Å². The highest BCUT2D eigenvalue weighted by molar-refractivity contribution is 5.63. The largest absolute Gasteiger partial charge is 0.484 e. The van der Waals surface area contributed by atoms with Crippen molar-refractivity contribution in [2.24, 2.45) is 5.92 Å². The number of hydrogen-bond donors (Lipinski definition) is 0. The van der Waals surface area contributed by atoms with Crippen molar-refractivity contribution in [3.8, 4) is 16.9 Å². The van der Waals surface area contributed by atoms with Gasteiger partial charge >= 0.3 is 0 Å². The quantitative estimate of drug-likeness (QED) is 0.324. The molecule has 4 heteroatoms. The molecule has 3 aromatic carbocycles. The van der Waals surface area contributed by atoms with E-state index in [0.717, 1.165) is 17.7 Å². The molecule has 1 unspecified atom stereocenters. The number of rotatable bonds is 8. The zero-order chi connectivity index (χ0) is 21.6. The first kappa shape index (κ1) is 20.9. The van der Waals surface area contributed by atoms with Gasteiger partial charge in [-0.1, -0.05) is 80.6 Å². The minimum Gasteiger partial charge on any atom is -0.484 e. The number of ether oxygens (including phenoxy) is 1. The van der Waals surface area contributed by atoms with Crippen LogP contribution in [0.5, 0.6) is 5.75 Å². The second-order valence-corrected chi connectivity index (χ2v) is 8.27. The van der Waals surface area contributed by atoms with Crippen molar-refractivity contribution in [2.45, 2.75) is 39.7 Å². The third-order valence-electron chi connectivity index (χ3n) is 5.30. The molecule has 4 aromatic rings. The lowest BCUT2D eigenvalue weighted by Crippen LogP contribution is -1.98. The average molecular weight is 413 g/mol. The predicted molar refractivity (Wildman–Crippen MR) is 123 cm³/mol. The van der Waals surface area contributed by atoms with Gasteiger partial charge in [-0.15, -0.1) is 10.2 Å². The van der Waals surface area contributed by atoms with Crippen LogP contribution in [-0.2, 0) is 13.0 Å². The van der Waals surface area contributed by atoms with Crippen LogP contribution in [0.25, 0.3) is 11.1 Å². The lowest BCUT2D eigenvalue weighted by atomic mass is 9.97. The summed E-state index contributed by atoms with van der Waals surface area (Å²) < 4.78 is 11.7. The van der Waals surface area contributed by atoms with Gasteiger partial charge in [0.2, 0.25) is 5.89 Å². The van der Waals surface area contributed by atoms with Crippen LogP contribution >= 0.6 is 0 Å². The molecule has 0 aliphatic rings. The van der Waals surface area contributed by atoms with Gasteiger partial charge in [-0.25, -0.2) is 0 Å². The molecule has 0 aliphatic carbocycles.